The van der Waals surface area contributed by atoms with Crippen LogP contribution in [0, 0.1) is 30.6 Å². The van der Waals surface area contributed by atoms with Crippen LogP contribution < -0.4 is 10.1 Å². The molecule has 0 bridgehead atoms. The second-order valence-corrected chi connectivity index (χ2v) is 8.28. The normalized spacial score (nSPS) is 11.1. The van der Waals surface area contributed by atoms with Crippen molar-refractivity contribution in [1.82, 2.24) is 14.8 Å². The Balaban J connectivity index is 1.82. The highest BCUT2D eigenvalue weighted by molar-refractivity contribution is 6.31. The number of ether oxygens (including phenoxy) is 1. The van der Waals surface area contributed by atoms with Gasteiger partial charge in [-0.25, -0.2) is 9.67 Å². The number of nitriles is 1. The summed E-state index contributed by atoms with van der Waals surface area (Å²) >= 11 is 6.15. The number of anilines is 1. The predicted octanol–water partition coefficient (Wildman–Crippen LogP) is 5.19. The third-order valence-electron chi connectivity index (χ3n) is 4.42. The summed E-state index contributed by atoms with van der Waals surface area (Å²) in [6.07, 6.45) is 1.55. The number of aromatic nitrogens is 3. The van der Waals surface area contributed by atoms with Gasteiger partial charge >= 0.3 is 0 Å². The predicted molar refractivity (Wildman–Crippen MR) is 115 cm³/mol. The van der Waals surface area contributed by atoms with Crippen molar-refractivity contribution in [2.75, 3.05) is 5.32 Å². The number of carbonyl (C=O) groups is 1. The molecule has 2 aromatic heterocycles. The minimum Gasteiger partial charge on any atom is -0.452 e. The van der Waals surface area contributed by atoms with Gasteiger partial charge in [0.1, 0.15) is 23.3 Å². The van der Waals surface area contributed by atoms with Gasteiger partial charge in [0.15, 0.2) is 5.75 Å². The van der Waals surface area contributed by atoms with Crippen molar-refractivity contribution in [1.29, 1.82) is 5.26 Å². The maximum atomic E-state index is 12.1. The molecule has 1 aromatic carbocycles. The number of amides is 1. The van der Waals surface area contributed by atoms with E-state index in [4.69, 9.17) is 21.6 Å². The number of nitrogens with zero attached hydrogens (tertiary/aromatic N) is 4. The molecule has 0 fully saturated rings. The van der Waals surface area contributed by atoms with Gasteiger partial charge in [-0.1, -0.05) is 32.4 Å². The molecule has 0 spiro atoms. The van der Waals surface area contributed by atoms with Gasteiger partial charge in [-0.2, -0.15) is 10.4 Å². The first-order valence-corrected chi connectivity index (χ1v) is 9.69. The zero-order valence-electron chi connectivity index (χ0n) is 17.4. The van der Waals surface area contributed by atoms with Crippen LogP contribution in [0.25, 0.3) is 5.69 Å². The SMILES string of the molecule is Cc1nn(-c2ccc(C#N)c(Cl)c2)c(C)c1Oc1ccc(NC(=O)C(C)(C)C)nc1. The number of hydrogen-bond acceptors (Lipinski definition) is 5. The summed E-state index contributed by atoms with van der Waals surface area (Å²) < 4.78 is 7.71. The summed E-state index contributed by atoms with van der Waals surface area (Å²) in [5.74, 6) is 1.47. The minimum absolute atomic E-state index is 0.113. The number of aryl methyl sites for hydroxylation is 1. The molecular weight excluding hydrogens is 402 g/mol. The van der Waals surface area contributed by atoms with E-state index in [9.17, 15) is 4.79 Å². The fourth-order valence-electron chi connectivity index (χ4n) is 2.69. The maximum Gasteiger partial charge on any atom is 0.230 e. The summed E-state index contributed by atoms with van der Waals surface area (Å²) in [5.41, 5.74) is 2.10. The van der Waals surface area contributed by atoms with Crippen LogP contribution in [0.2, 0.25) is 5.02 Å². The van der Waals surface area contributed by atoms with Crippen LogP contribution in [-0.2, 0) is 4.79 Å². The van der Waals surface area contributed by atoms with Crippen LogP contribution in [0.5, 0.6) is 11.5 Å². The topological polar surface area (TPSA) is 92.8 Å². The van der Waals surface area contributed by atoms with E-state index in [-0.39, 0.29) is 5.91 Å². The second kappa shape index (κ2) is 8.17. The molecular formula is C22H22ClN5O2. The molecule has 3 aromatic rings. The highest BCUT2D eigenvalue weighted by Crippen LogP contribution is 2.31. The van der Waals surface area contributed by atoms with Gasteiger partial charge in [0.2, 0.25) is 5.91 Å². The standard InChI is InChI=1S/C22H22ClN5O2/c1-13-20(14(2)28(27-13)16-7-6-15(11-24)18(23)10-16)30-17-8-9-19(25-12-17)26-21(29)22(3,4)5/h6-10,12H,1-5H3,(H,25,26,29). The number of carbonyl (C=O) groups excluding carboxylic acids is 1. The number of hydrogen-bond donors (Lipinski definition) is 1. The van der Waals surface area contributed by atoms with Crippen LogP contribution in [0.3, 0.4) is 0 Å². The zero-order chi connectivity index (χ0) is 22.1. The van der Waals surface area contributed by atoms with Gasteiger partial charge in [0.05, 0.1) is 28.2 Å². The van der Waals surface area contributed by atoms with E-state index in [1.54, 1.807) is 41.2 Å². The first-order chi connectivity index (χ1) is 14.1. The summed E-state index contributed by atoms with van der Waals surface area (Å²) in [6, 6.07) is 10.6. The molecule has 3 rings (SSSR count). The first kappa shape index (κ1) is 21.3. The van der Waals surface area contributed by atoms with Gasteiger partial charge in [0, 0.05) is 5.41 Å². The Morgan fingerprint density at radius 1 is 1.23 bits per heavy atom. The van der Waals surface area contributed by atoms with Crippen molar-refractivity contribution in [3.05, 3.63) is 58.5 Å². The van der Waals surface area contributed by atoms with Crippen molar-refractivity contribution >= 4 is 23.3 Å². The summed E-state index contributed by atoms with van der Waals surface area (Å²) in [5, 5.41) is 16.7. The van der Waals surface area contributed by atoms with E-state index in [0.717, 1.165) is 11.4 Å². The average molecular weight is 424 g/mol. The van der Waals surface area contributed by atoms with E-state index < -0.39 is 5.41 Å². The molecule has 8 heteroatoms. The Bertz CT molecular complexity index is 1140. The molecule has 0 unspecified atom stereocenters. The van der Waals surface area contributed by atoms with E-state index in [1.165, 1.54) is 0 Å². The Morgan fingerprint density at radius 2 is 1.97 bits per heavy atom. The first-order valence-electron chi connectivity index (χ1n) is 9.31. The van der Waals surface area contributed by atoms with Crippen molar-refractivity contribution < 1.29 is 9.53 Å². The fourth-order valence-corrected chi connectivity index (χ4v) is 2.91. The highest BCUT2D eigenvalue weighted by atomic mass is 35.5. The molecule has 1 N–H and O–H groups in total. The van der Waals surface area contributed by atoms with E-state index in [2.05, 4.69) is 15.4 Å². The lowest BCUT2D eigenvalue weighted by Gasteiger charge is -2.17. The molecule has 2 heterocycles. The quantitative estimate of drug-likeness (QED) is 0.623. The smallest absolute Gasteiger partial charge is 0.230 e. The van der Waals surface area contributed by atoms with Gasteiger partial charge in [0.25, 0.3) is 0 Å². The second-order valence-electron chi connectivity index (χ2n) is 7.87. The number of rotatable bonds is 4. The van der Waals surface area contributed by atoms with Gasteiger partial charge in [-0.15, -0.1) is 0 Å². The summed E-state index contributed by atoms with van der Waals surface area (Å²) in [7, 11) is 0. The van der Waals surface area contributed by atoms with Gasteiger partial charge in [-0.3, -0.25) is 4.79 Å². The molecule has 1 amide bonds. The van der Waals surface area contributed by atoms with Crippen molar-refractivity contribution in [2.45, 2.75) is 34.6 Å². The van der Waals surface area contributed by atoms with E-state index in [0.29, 0.717) is 33.6 Å². The number of benzene rings is 1. The molecule has 0 saturated heterocycles. The minimum atomic E-state index is -0.506. The molecule has 0 aliphatic carbocycles. The molecule has 0 radical (unpaired) electrons. The largest absolute Gasteiger partial charge is 0.452 e. The lowest BCUT2D eigenvalue weighted by atomic mass is 9.96. The highest BCUT2D eigenvalue weighted by Gasteiger charge is 2.21. The fraction of sp³-hybridized carbons (Fsp3) is 0.273. The van der Waals surface area contributed by atoms with Crippen molar-refractivity contribution in [2.24, 2.45) is 5.41 Å². The van der Waals surface area contributed by atoms with Crippen LogP contribution in [-0.4, -0.2) is 20.7 Å². The van der Waals surface area contributed by atoms with Gasteiger partial charge in [-0.05, 0) is 44.2 Å². The maximum absolute atomic E-state index is 12.1. The van der Waals surface area contributed by atoms with Crippen LogP contribution >= 0.6 is 11.6 Å². The molecule has 0 aliphatic heterocycles. The lowest BCUT2D eigenvalue weighted by molar-refractivity contribution is -0.123. The molecule has 154 valence electrons. The Labute approximate surface area is 180 Å². The molecule has 0 aliphatic rings. The lowest BCUT2D eigenvalue weighted by Crippen LogP contribution is -2.27. The van der Waals surface area contributed by atoms with E-state index >= 15 is 0 Å². The van der Waals surface area contributed by atoms with Crippen LogP contribution in [0.1, 0.15) is 37.7 Å². The van der Waals surface area contributed by atoms with Crippen molar-refractivity contribution in [3.63, 3.8) is 0 Å². The van der Waals surface area contributed by atoms with Crippen LogP contribution in [0.4, 0.5) is 5.82 Å². The number of halogens is 1. The van der Waals surface area contributed by atoms with Gasteiger partial charge < -0.3 is 10.1 Å². The van der Waals surface area contributed by atoms with Crippen molar-refractivity contribution in [3.8, 4) is 23.3 Å². The molecule has 7 nitrogen and oxygen atoms in total. The monoisotopic (exact) mass is 423 g/mol. The summed E-state index contributed by atoms with van der Waals surface area (Å²) in [4.78, 5) is 16.3. The average Bonchev–Trinajstić information content (AvgIpc) is 2.97. The zero-order valence-corrected chi connectivity index (χ0v) is 18.2. The van der Waals surface area contributed by atoms with Crippen LogP contribution in [0.15, 0.2) is 36.5 Å². The molecule has 0 saturated carbocycles. The Morgan fingerprint density at radius 3 is 2.53 bits per heavy atom. The Kier molecular flexibility index (Phi) is 5.81. The molecule has 0 atom stereocenters. The Hall–Kier alpha value is -3.37. The third kappa shape index (κ3) is 4.44. The molecule has 30 heavy (non-hydrogen) atoms. The number of pyridine rings is 1. The third-order valence-corrected chi connectivity index (χ3v) is 4.73. The summed E-state index contributed by atoms with van der Waals surface area (Å²) in [6.45, 7) is 9.24. The van der Waals surface area contributed by atoms with E-state index in [1.807, 2.05) is 40.7 Å². The number of nitrogens with one attached hydrogen (secondary N) is 1.